The van der Waals surface area contributed by atoms with Crippen LogP contribution >= 0.6 is 35.0 Å². The van der Waals surface area contributed by atoms with Crippen molar-refractivity contribution in [2.24, 2.45) is 0 Å². The predicted molar refractivity (Wildman–Crippen MR) is 90.0 cm³/mol. The quantitative estimate of drug-likeness (QED) is 0.687. The van der Waals surface area contributed by atoms with Crippen LogP contribution in [0.25, 0.3) is 0 Å². The summed E-state index contributed by atoms with van der Waals surface area (Å²) in [5.74, 6) is 0.527. The molecule has 21 heavy (non-hydrogen) atoms. The zero-order chi connectivity index (χ0) is 15.2. The van der Waals surface area contributed by atoms with E-state index in [1.807, 2.05) is 25.1 Å². The van der Waals surface area contributed by atoms with Crippen molar-refractivity contribution in [1.82, 2.24) is 5.32 Å². The van der Waals surface area contributed by atoms with Crippen LogP contribution in [-0.4, -0.2) is 12.3 Å². The summed E-state index contributed by atoms with van der Waals surface area (Å²) in [7, 11) is 0. The molecule has 1 atom stereocenters. The zero-order valence-corrected chi connectivity index (χ0v) is 13.9. The standard InChI is InChI=1S/C16H16Cl2FNS/c1-2-20-15(11-7-8-12(17)13(18)9-11)10-21-16-6-4-3-5-14(16)19/h3-9,15,20H,2,10H2,1H3. The molecule has 0 fully saturated rings. The molecule has 1 nitrogen and oxygen atoms in total. The Balaban J connectivity index is 2.12. The van der Waals surface area contributed by atoms with Crippen LogP contribution in [0.4, 0.5) is 4.39 Å². The van der Waals surface area contributed by atoms with E-state index in [2.05, 4.69) is 5.32 Å². The van der Waals surface area contributed by atoms with Gasteiger partial charge in [-0.15, -0.1) is 11.8 Å². The fourth-order valence-electron chi connectivity index (χ4n) is 1.98. The third-order valence-corrected chi connectivity index (χ3v) is 4.92. The Labute approximate surface area is 138 Å². The average Bonchev–Trinajstić information content (AvgIpc) is 2.48. The summed E-state index contributed by atoms with van der Waals surface area (Å²) in [6.07, 6.45) is 0. The Kier molecular flexibility index (Phi) is 6.37. The van der Waals surface area contributed by atoms with Crippen LogP contribution in [0.1, 0.15) is 18.5 Å². The summed E-state index contributed by atoms with van der Waals surface area (Å²) in [4.78, 5) is 0.653. The monoisotopic (exact) mass is 343 g/mol. The highest BCUT2D eigenvalue weighted by Crippen LogP contribution is 2.30. The van der Waals surface area contributed by atoms with Crippen molar-refractivity contribution in [2.45, 2.75) is 17.9 Å². The largest absolute Gasteiger partial charge is 0.309 e. The Hall–Kier alpha value is -0.740. The second kappa shape index (κ2) is 8.04. The minimum absolute atomic E-state index is 0.0920. The fraction of sp³-hybridized carbons (Fsp3) is 0.250. The van der Waals surface area contributed by atoms with Crippen LogP contribution in [0, 0.1) is 5.82 Å². The topological polar surface area (TPSA) is 12.0 Å². The van der Waals surface area contributed by atoms with Crippen molar-refractivity contribution < 1.29 is 4.39 Å². The molecular formula is C16H16Cl2FNS. The van der Waals surface area contributed by atoms with Gasteiger partial charge in [-0.1, -0.05) is 48.3 Å². The minimum atomic E-state index is -0.188. The minimum Gasteiger partial charge on any atom is -0.309 e. The maximum atomic E-state index is 13.7. The van der Waals surface area contributed by atoms with Crippen molar-refractivity contribution in [3.63, 3.8) is 0 Å². The molecule has 2 aromatic carbocycles. The Bertz CT molecular complexity index is 607. The summed E-state index contributed by atoms with van der Waals surface area (Å²) >= 11 is 13.5. The number of nitrogens with one attached hydrogen (secondary N) is 1. The third-order valence-electron chi connectivity index (χ3n) is 3.04. The van der Waals surface area contributed by atoms with E-state index >= 15 is 0 Å². The van der Waals surface area contributed by atoms with Gasteiger partial charge in [0, 0.05) is 16.7 Å². The Morgan fingerprint density at radius 3 is 2.57 bits per heavy atom. The van der Waals surface area contributed by atoms with Gasteiger partial charge < -0.3 is 5.32 Å². The van der Waals surface area contributed by atoms with Crippen molar-refractivity contribution in [1.29, 1.82) is 0 Å². The average molecular weight is 344 g/mol. The van der Waals surface area contributed by atoms with Crippen LogP contribution in [0.2, 0.25) is 10.0 Å². The van der Waals surface area contributed by atoms with Crippen LogP contribution in [0.3, 0.4) is 0 Å². The molecule has 0 spiro atoms. The summed E-state index contributed by atoms with van der Waals surface area (Å²) in [6.45, 7) is 2.86. The van der Waals surface area contributed by atoms with Crippen LogP contribution in [0.5, 0.6) is 0 Å². The molecule has 5 heteroatoms. The highest BCUT2D eigenvalue weighted by atomic mass is 35.5. The molecule has 2 aromatic rings. The molecule has 0 amide bonds. The van der Waals surface area contributed by atoms with Crippen LogP contribution < -0.4 is 5.32 Å². The van der Waals surface area contributed by atoms with Gasteiger partial charge in [0.05, 0.1) is 10.0 Å². The van der Waals surface area contributed by atoms with Crippen molar-refractivity contribution >= 4 is 35.0 Å². The molecule has 0 aliphatic carbocycles. The number of thioether (sulfide) groups is 1. The van der Waals surface area contributed by atoms with Gasteiger partial charge in [0.2, 0.25) is 0 Å². The normalized spacial score (nSPS) is 12.4. The van der Waals surface area contributed by atoms with Crippen molar-refractivity contribution in [2.75, 3.05) is 12.3 Å². The molecule has 0 radical (unpaired) electrons. The second-order valence-electron chi connectivity index (χ2n) is 4.53. The summed E-state index contributed by atoms with van der Waals surface area (Å²) in [5.41, 5.74) is 1.05. The molecule has 0 bridgehead atoms. The molecule has 0 aliphatic heterocycles. The number of hydrogen-bond donors (Lipinski definition) is 1. The van der Waals surface area contributed by atoms with Gasteiger partial charge in [0.1, 0.15) is 5.82 Å². The summed E-state index contributed by atoms with van der Waals surface area (Å²) in [6, 6.07) is 12.5. The first-order chi connectivity index (χ1) is 10.1. The van der Waals surface area contributed by atoms with Crippen molar-refractivity contribution in [3.05, 3.63) is 63.9 Å². The van der Waals surface area contributed by atoms with Crippen molar-refractivity contribution in [3.8, 4) is 0 Å². The molecule has 0 saturated heterocycles. The lowest BCUT2D eigenvalue weighted by Gasteiger charge is -2.18. The second-order valence-corrected chi connectivity index (χ2v) is 6.40. The number of halogens is 3. The van der Waals surface area contributed by atoms with Gasteiger partial charge in [-0.3, -0.25) is 0 Å². The lowest BCUT2D eigenvalue weighted by Crippen LogP contribution is -2.23. The molecule has 1 unspecified atom stereocenters. The number of hydrogen-bond acceptors (Lipinski definition) is 2. The molecular weight excluding hydrogens is 328 g/mol. The summed E-state index contributed by atoms with van der Waals surface area (Å²) in [5, 5.41) is 4.46. The molecule has 0 heterocycles. The van der Waals surface area contributed by atoms with E-state index < -0.39 is 0 Å². The van der Waals surface area contributed by atoms with Gasteiger partial charge in [0.25, 0.3) is 0 Å². The smallest absolute Gasteiger partial charge is 0.136 e. The SMILES string of the molecule is CCNC(CSc1ccccc1F)c1ccc(Cl)c(Cl)c1. The third kappa shape index (κ3) is 4.62. The van der Waals surface area contributed by atoms with Crippen LogP contribution in [-0.2, 0) is 0 Å². The summed E-state index contributed by atoms with van der Waals surface area (Å²) < 4.78 is 13.7. The molecule has 112 valence electrons. The lowest BCUT2D eigenvalue weighted by atomic mass is 10.1. The van der Waals surface area contributed by atoms with Gasteiger partial charge in [-0.05, 0) is 36.4 Å². The molecule has 1 N–H and O–H groups in total. The first-order valence-electron chi connectivity index (χ1n) is 6.67. The van der Waals surface area contributed by atoms with Gasteiger partial charge in [0.15, 0.2) is 0 Å². The fourth-order valence-corrected chi connectivity index (χ4v) is 3.33. The first-order valence-corrected chi connectivity index (χ1v) is 8.41. The van der Waals surface area contributed by atoms with E-state index in [1.54, 1.807) is 18.2 Å². The maximum Gasteiger partial charge on any atom is 0.136 e. The van der Waals surface area contributed by atoms with Gasteiger partial charge in [-0.2, -0.15) is 0 Å². The lowest BCUT2D eigenvalue weighted by molar-refractivity contribution is 0.595. The maximum absolute atomic E-state index is 13.7. The highest BCUT2D eigenvalue weighted by Gasteiger charge is 2.13. The van der Waals surface area contributed by atoms with E-state index in [1.165, 1.54) is 17.8 Å². The number of rotatable bonds is 6. The Morgan fingerprint density at radius 1 is 1.14 bits per heavy atom. The molecule has 0 aliphatic rings. The molecule has 2 rings (SSSR count). The Morgan fingerprint density at radius 2 is 1.90 bits per heavy atom. The van der Waals surface area contributed by atoms with Crippen LogP contribution in [0.15, 0.2) is 47.4 Å². The number of benzene rings is 2. The van der Waals surface area contributed by atoms with E-state index in [0.717, 1.165) is 12.1 Å². The van der Waals surface area contributed by atoms with Gasteiger partial charge >= 0.3 is 0 Å². The van der Waals surface area contributed by atoms with E-state index in [-0.39, 0.29) is 11.9 Å². The first kappa shape index (κ1) is 16.6. The van der Waals surface area contributed by atoms with E-state index in [9.17, 15) is 4.39 Å². The highest BCUT2D eigenvalue weighted by molar-refractivity contribution is 7.99. The predicted octanol–water partition coefficient (Wildman–Crippen LogP) is 5.58. The molecule has 0 saturated carbocycles. The zero-order valence-electron chi connectivity index (χ0n) is 11.6. The van der Waals surface area contributed by atoms with E-state index in [4.69, 9.17) is 23.2 Å². The van der Waals surface area contributed by atoms with E-state index in [0.29, 0.717) is 20.7 Å². The molecule has 0 aromatic heterocycles. The van der Waals surface area contributed by atoms with Gasteiger partial charge in [-0.25, -0.2) is 4.39 Å².